The number of fused-ring (bicyclic) bond motifs is 6. The Kier molecular flexibility index (Phi) is 3.06. The highest BCUT2D eigenvalue weighted by atomic mass is 32.1. The van der Waals surface area contributed by atoms with Crippen LogP contribution in [0.15, 0.2) is 66.7 Å². The molecule has 0 bridgehead atoms. The monoisotopic (exact) mass is 353 g/mol. The minimum atomic E-state index is 1.24. The average molecular weight is 353 g/mol. The Hall–Kier alpha value is -2.58. The van der Waals surface area contributed by atoms with Gasteiger partial charge in [-0.25, -0.2) is 0 Å². The number of para-hydroxylation sites is 2. The smallest absolute Gasteiger partial charge is 0.0555 e. The first-order chi connectivity index (χ1) is 12.9. The van der Waals surface area contributed by atoms with Crippen molar-refractivity contribution in [2.75, 3.05) is 0 Å². The zero-order valence-corrected chi connectivity index (χ0v) is 15.4. The van der Waals surface area contributed by atoms with Crippen LogP contribution in [0.2, 0.25) is 0 Å². The minimum absolute atomic E-state index is 1.24. The Balaban J connectivity index is 1.78. The lowest BCUT2D eigenvalue weighted by molar-refractivity contribution is 0.700. The number of thiophene rings is 1. The van der Waals surface area contributed by atoms with Crippen molar-refractivity contribution in [2.24, 2.45) is 0 Å². The third-order valence-electron chi connectivity index (χ3n) is 5.76. The third-order valence-corrected chi connectivity index (χ3v) is 7.02. The predicted molar refractivity (Wildman–Crippen MR) is 113 cm³/mol. The van der Waals surface area contributed by atoms with Gasteiger partial charge in [-0.15, -0.1) is 11.3 Å². The molecule has 2 heterocycles. The number of nitrogens with zero attached hydrogens (tertiary/aromatic N) is 1. The van der Waals surface area contributed by atoms with Crippen molar-refractivity contribution >= 4 is 43.2 Å². The van der Waals surface area contributed by atoms with Crippen molar-refractivity contribution in [2.45, 2.75) is 25.7 Å². The largest absolute Gasteiger partial charge is 0.309 e. The van der Waals surface area contributed by atoms with Crippen LogP contribution in [0, 0.1) is 0 Å². The van der Waals surface area contributed by atoms with Crippen LogP contribution in [0.5, 0.6) is 0 Å². The molecule has 1 aliphatic carbocycles. The first kappa shape index (κ1) is 14.6. The van der Waals surface area contributed by atoms with Gasteiger partial charge < -0.3 is 4.57 Å². The fourth-order valence-corrected chi connectivity index (χ4v) is 5.89. The Bertz CT molecular complexity index is 1270. The molecule has 0 aliphatic heterocycles. The number of rotatable bonds is 1. The van der Waals surface area contributed by atoms with Gasteiger partial charge in [-0.05, 0) is 67.0 Å². The summed E-state index contributed by atoms with van der Waals surface area (Å²) in [5, 5.41) is 4.22. The van der Waals surface area contributed by atoms with Gasteiger partial charge in [-0.2, -0.15) is 0 Å². The molecule has 3 aromatic carbocycles. The molecule has 2 aromatic heterocycles. The summed E-state index contributed by atoms with van der Waals surface area (Å²) in [4.78, 5) is 1.62. The molecule has 5 aromatic rings. The molecule has 0 spiro atoms. The molecule has 0 saturated heterocycles. The van der Waals surface area contributed by atoms with Gasteiger partial charge in [0.05, 0.1) is 11.0 Å². The van der Waals surface area contributed by atoms with Crippen molar-refractivity contribution in [3.05, 3.63) is 77.2 Å². The zero-order valence-electron chi connectivity index (χ0n) is 14.5. The molecule has 6 rings (SSSR count). The van der Waals surface area contributed by atoms with Crippen LogP contribution in [-0.2, 0) is 12.8 Å². The first-order valence-corrected chi connectivity index (χ1v) is 10.2. The average Bonchev–Trinajstić information content (AvgIpc) is 3.22. The zero-order chi connectivity index (χ0) is 17.1. The highest BCUT2D eigenvalue weighted by molar-refractivity contribution is 7.19. The normalized spacial score (nSPS) is 14.3. The van der Waals surface area contributed by atoms with E-state index in [-0.39, 0.29) is 0 Å². The molecular weight excluding hydrogens is 334 g/mol. The van der Waals surface area contributed by atoms with Crippen molar-refractivity contribution in [3.63, 3.8) is 0 Å². The molecule has 126 valence electrons. The van der Waals surface area contributed by atoms with Crippen molar-refractivity contribution in [1.82, 2.24) is 4.57 Å². The molecule has 0 fully saturated rings. The van der Waals surface area contributed by atoms with Crippen LogP contribution in [-0.4, -0.2) is 4.57 Å². The lowest BCUT2D eigenvalue weighted by Gasteiger charge is -2.10. The second-order valence-corrected chi connectivity index (χ2v) is 8.40. The Morgan fingerprint density at radius 1 is 0.692 bits per heavy atom. The number of benzene rings is 3. The van der Waals surface area contributed by atoms with Crippen molar-refractivity contribution < 1.29 is 0 Å². The molecular formula is C24H19NS. The Morgan fingerprint density at radius 2 is 1.50 bits per heavy atom. The van der Waals surface area contributed by atoms with E-state index >= 15 is 0 Å². The second-order valence-electron chi connectivity index (χ2n) is 7.26. The standard InChI is InChI=1S/C24H19NS/c1-2-8-16(9-3-1)25-21-12-6-4-10-17(21)19-14-20-18-11-5-7-13-23(18)26-24(20)15-22(19)25/h1-4,6,8-10,12,14-15H,5,7,11,13H2. The van der Waals surface area contributed by atoms with Crippen LogP contribution >= 0.6 is 11.3 Å². The SMILES string of the molecule is c1ccc(-n2c3ccccc3c3cc4c5c(sc4cc32)CCCC5)cc1. The summed E-state index contributed by atoms with van der Waals surface area (Å²) in [5.74, 6) is 0. The third kappa shape index (κ3) is 1.96. The number of aromatic nitrogens is 1. The van der Waals surface area contributed by atoms with Crippen LogP contribution in [0.1, 0.15) is 23.3 Å². The number of hydrogen-bond donors (Lipinski definition) is 0. The van der Waals surface area contributed by atoms with Gasteiger partial charge in [0.15, 0.2) is 0 Å². The van der Waals surface area contributed by atoms with Crippen LogP contribution in [0.3, 0.4) is 0 Å². The van der Waals surface area contributed by atoms with E-state index < -0.39 is 0 Å². The van der Waals surface area contributed by atoms with Crippen LogP contribution in [0.4, 0.5) is 0 Å². The second kappa shape index (κ2) is 5.46. The summed E-state index contributed by atoms with van der Waals surface area (Å²) >= 11 is 2.02. The maximum absolute atomic E-state index is 2.47. The predicted octanol–water partition coefficient (Wildman–Crippen LogP) is 6.88. The highest BCUT2D eigenvalue weighted by Crippen LogP contribution is 2.41. The Labute approximate surface area is 156 Å². The summed E-state index contributed by atoms with van der Waals surface area (Å²) in [6.45, 7) is 0. The van der Waals surface area contributed by atoms with E-state index in [4.69, 9.17) is 0 Å². The number of aryl methyl sites for hydroxylation is 2. The van der Waals surface area contributed by atoms with E-state index in [1.165, 1.54) is 63.3 Å². The van der Waals surface area contributed by atoms with Gasteiger partial charge in [0, 0.05) is 26.0 Å². The summed E-state index contributed by atoms with van der Waals surface area (Å²) < 4.78 is 3.87. The van der Waals surface area contributed by atoms with Gasteiger partial charge in [0.25, 0.3) is 0 Å². The molecule has 2 heteroatoms. The molecule has 0 saturated carbocycles. The van der Waals surface area contributed by atoms with Gasteiger partial charge >= 0.3 is 0 Å². The van der Waals surface area contributed by atoms with E-state index in [2.05, 4.69) is 71.3 Å². The molecule has 1 nitrogen and oxygen atoms in total. The van der Waals surface area contributed by atoms with E-state index in [1.54, 1.807) is 10.4 Å². The lowest BCUT2D eigenvalue weighted by Crippen LogP contribution is -1.97. The maximum atomic E-state index is 2.47. The first-order valence-electron chi connectivity index (χ1n) is 9.43. The fourth-order valence-electron chi connectivity index (χ4n) is 4.58. The van der Waals surface area contributed by atoms with Crippen molar-refractivity contribution in [1.29, 1.82) is 0 Å². The molecule has 0 N–H and O–H groups in total. The Morgan fingerprint density at radius 3 is 2.42 bits per heavy atom. The molecule has 0 atom stereocenters. The van der Waals surface area contributed by atoms with Gasteiger partial charge in [0.2, 0.25) is 0 Å². The minimum Gasteiger partial charge on any atom is -0.309 e. The topological polar surface area (TPSA) is 4.93 Å². The summed E-state index contributed by atoms with van der Waals surface area (Å²) in [6, 6.07) is 24.4. The molecule has 0 radical (unpaired) electrons. The summed E-state index contributed by atoms with van der Waals surface area (Å²) in [6.07, 6.45) is 5.19. The van der Waals surface area contributed by atoms with Gasteiger partial charge in [-0.3, -0.25) is 0 Å². The van der Waals surface area contributed by atoms with E-state index in [0.717, 1.165) is 0 Å². The maximum Gasteiger partial charge on any atom is 0.0555 e. The van der Waals surface area contributed by atoms with E-state index in [1.807, 2.05) is 11.3 Å². The molecule has 26 heavy (non-hydrogen) atoms. The van der Waals surface area contributed by atoms with Gasteiger partial charge in [-0.1, -0.05) is 36.4 Å². The quantitative estimate of drug-likeness (QED) is 0.310. The molecule has 0 amide bonds. The van der Waals surface area contributed by atoms with Crippen LogP contribution < -0.4 is 0 Å². The van der Waals surface area contributed by atoms with Gasteiger partial charge in [0.1, 0.15) is 0 Å². The lowest BCUT2D eigenvalue weighted by atomic mass is 9.95. The van der Waals surface area contributed by atoms with E-state index in [9.17, 15) is 0 Å². The fraction of sp³-hybridized carbons (Fsp3) is 0.167. The van der Waals surface area contributed by atoms with Crippen LogP contribution in [0.25, 0.3) is 37.6 Å². The highest BCUT2D eigenvalue weighted by Gasteiger charge is 2.19. The summed E-state index contributed by atoms with van der Waals surface area (Å²) in [7, 11) is 0. The van der Waals surface area contributed by atoms with Crippen molar-refractivity contribution in [3.8, 4) is 5.69 Å². The van der Waals surface area contributed by atoms with E-state index in [0.29, 0.717) is 0 Å². The molecule has 1 aliphatic rings. The molecule has 0 unspecified atom stereocenters. The number of hydrogen-bond acceptors (Lipinski definition) is 1. The summed E-state index contributed by atoms with van der Waals surface area (Å²) in [5.41, 5.74) is 5.47.